The molecule has 1 atom stereocenters. The van der Waals surface area contributed by atoms with Crippen LogP contribution in [0.2, 0.25) is 0 Å². The average molecular weight is 242 g/mol. The third-order valence-electron chi connectivity index (χ3n) is 4.95. The van der Waals surface area contributed by atoms with Gasteiger partial charge in [-0.1, -0.05) is 20.3 Å². The van der Waals surface area contributed by atoms with Gasteiger partial charge in [0.05, 0.1) is 12.2 Å². The van der Waals surface area contributed by atoms with Crippen LogP contribution in [0.4, 0.5) is 0 Å². The summed E-state index contributed by atoms with van der Waals surface area (Å²) in [5.41, 5.74) is -0.844. The van der Waals surface area contributed by atoms with E-state index in [-0.39, 0.29) is 17.4 Å². The standard InChI is InChI=1S/C14H26O3/c1-12(2)4-3-5-14(16,10-12)13(11-15)6-8-17-9-7-13/h15-16H,3-11H2,1-2H3. The van der Waals surface area contributed by atoms with E-state index in [0.717, 1.165) is 32.1 Å². The molecule has 0 aromatic rings. The Morgan fingerprint density at radius 3 is 2.24 bits per heavy atom. The van der Waals surface area contributed by atoms with Crippen LogP contribution in [-0.4, -0.2) is 35.6 Å². The first-order chi connectivity index (χ1) is 7.93. The molecule has 0 aromatic heterocycles. The molecule has 1 aliphatic carbocycles. The van der Waals surface area contributed by atoms with Gasteiger partial charge < -0.3 is 14.9 Å². The summed E-state index contributed by atoms with van der Waals surface area (Å²) in [4.78, 5) is 0. The van der Waals surface area contributed by atoms with Crippen molar-refractivity contribution < 1.29 is 14.9 Å². The highest BCUT2D eigenvalue weighted by atomic mass is 16.5. The molecule has 1 saturated heterocycles. The Morgan fingerprint density at radius 2 is 1.71 bits per heavy atom. The molecule has 17 heavy (non-hydrogen) atoms. The normalized spacial score (nSPS) is 36.7. The fourth-order valence-corrected chi connectivity index (χ4v) is 3.81. The highest BCUT2D eigenvalue weighted by Gasteiger charge is 2.53. The van der Waals surface area contributed by atoms with Crippen molar-refractivity contribution in [2.45, 2.75) is 58.0 Å². The number of rotatable bonds is 2. The molecule has 2 aliphatic rings. The predicted octanol–water partition coefficient (Wildman–Crippen LogP) is 2.11. The zero-order valence-electron chi connectivity index (χ0n) is 11.2. The molecule has 1 aliphatic heterocycles. The number of ether oxygens (including phenoxy) is 1. The summed E-state index contributed by atoms with van der Waals surface area (Å²) in [6, 6.07) is 0. The first-order valence-corrected chi connectivity index (χ1v) is 6.84. The first kappa shape index (κ1) is 13.3. The lowest BCUT2D eigenvalue weighted by Crippen LogP contribution is -2.56. The maximum Gasteiger partial charge on any atom is 0.0732 e. The molecule has 3 nitrogen and oxygen atoms in total. The van der Waals surface area contributed by atoms with E-state index in [9.17, 15) is 10.2 Å². The number of aliphatic hydroxyl groups excluding tert-OH is 1. The summed E-state index contributed by atoms with van der Waals surface area (Å²) >= 11 is 0. The summed E-state index contributed by atoms with van der Waals surface area (Å²) < 4.78 is 5.39. The molecule has 3 heteroatoms. The molecule has 2 rings (SSSR count). The Bertz CT molecular complexity index is 269. The van der Waals surface area contributed by atoms with Crippen LogP contribution < -0.4 is 0 Å². The van der Waals surface area contributed by atoms with Crippen molar-refractivity contribution in [1.82, 2.24) is 0 Å². The van der Waals surface area contributed by atoms with Crippen molar-refractivity contribution in [3.05, 3.63) is 0 Å². The van der Waals surface area contributed by atoms with Crippen molar-refractivity contribution in [1.29, 1.82) is 0 Å². The molecule has 0 amide bonds. The second-order valence-electron chi connectivity index (χ2n) is 6.78. The number of hydrogen-bond donors (Lipinski definition) is 2. The topological polar surface area (TPSA) is 49.7 Å². The third kappa shape index (κ3) is 2.38. The van der Waals surface area contributed by atoms with Crippen molar-refractivity contribution >= 4 is 0 Å². The van der Waals surface area contributed by atoms with Crippen LogP contribution in [0, 0.1) is 10.8 Å². The summed E-state index contributed by atoms with van der Waals surface area (Å²) in [6.45, 7) is 5.87. The van der Waals surface area contributed by atoms with Gasteiger partial charge in [0, 0.05) is 18.6 Å². The fourth-order valence-electron chi connectivity index (χ4n) is 3.81. The molecular formula is C14H26O3. The van der Waals surface area contributed by atoms with Crippen LogP contribution >= 0.6 is 0 Å². The molecule has 0 aromatic carbocycles. The minimum absolute atomic E-state index is 0.0862. The van der Waals surface area contributed by atoms with E-state index in [1.807, 2.05) is 0 Å². The van der Waals surface area contributed by atoms with E-state index in [4.69, 9.17) is 4.74 Å². The lowest BCUT2D eigenvalue weighted by Gasteiger charge is -2.54. The Labute approximate surface area is 104 Å². The van der Waals surface area contributed by atoms with Crippen molar-refractivity contribution in [2.75, 3.05) is 19.8 Å². The molecule has 2 fully saturated rings. The lowest BCUT2D eigenvalue weighted by atomic mass is 9.57. The maximum atomic E-state index is 11.1. The highest BCUT2D eigenvalue weighted by molar-refractivity contribution is 5.04. The molecule has 1 unspecified atom stereocenters. The van der Waals surface area contributed by atoms with Gasteiger partial charge in [-0.2, -0.15) is 0 Å². The van der Waals surface area contributed by atoms with Crippen LogP contribution in [0.3, 0.4) is 0 Å². The molecule has 0 spiro atoms. The second kappa shape index (κ2) is 4.52. The molecule has 1 heterocycles. The second-order valence-corrected chi connectivity index (χ2v) is 6.78. The molecule has 1 saturated carbocycles. The molecule has 100 valence electrons. The number of aliphatic hydroxyl groups is 2. The van der Waals surface area contributed by atoms with Crippen LogP contribution in [0.15, 0.2) is 0 Å². The summed E-state index contributed by atoms with van der Waals surface area (Å²) in [5, 5.41) is 20.9. The van der Waals surface area contributed by atoms with E-state index in [1.54, 1.807) is 0 Å². The minimum atomic E-state index is -0.701. The van der Waals surface area contributed by atoms with Crippen molar-refractivity contribution in [2.24, 2.45) is 10.8 Å². The van der Waals surface area contributed by atoms with Gasteiger partial charge in [-0.3, -0.25) is 0 Å². The summed E-state index contributed by atoms with van der Waals surface area (Å²) in [7, 11) is 0. The Balaban J connectivity index is 2.22. The van der Waals surface area contributed by atoms with E-state index < -0.39 is 5.60 Å². The molecule has 2 N–H and O–H groups in total. The average Bonchev–Trinajstić information content (AvgIpc) is 2.28. The number of hydrogen-bond acceptors (Lipinski definition) is 3. The van der Waals surface area contributed by atoms with Crippen LogP contribution in [-0.2, 0) is 4.74 Å². The molecule has 0 bridgehead atoms. The van der Waals surface area contributed by atoms with Crippen LogP contribution in [0.5, 0.6) is 0 Å². The Hall–Kier alpha value is -0.120. The van der Waals surface area contributed by atoms with E-state index in [2.05, 4.69) is 13.8 Å². The van der Waals surface area contributed by atoms with Gasteiger partial charge in [-0.05, 0) is 37.5 Å². The Morgan fingerprint density at radius 1 is 1.06 bits per heavy atom. The Kier molecular flexibility index (Phi) is 3.54. The maximum absolute atomic E-state index is 11.1. The van der Waals surface area contributed by atoms with E-state index >= 15 is 0 Å². The van der Waals surface area contributed by atoms with Crippen molar-refractivity contribution in [3.63, 3.8) is 0 Å². The molecular weight excluding hydrogens is 216 g/mol. The first-order valence-electron chi connectivity index (χ1n) is 6.84. The quantitative estimate of drug-likeness (QED) is 0.779. The monoisotopic (exact) mass is 242 g/mol. The SMILES string of the molecule is CC1(C)CCCC(O)(C2(CO)CCOCC2)C1. The van der Waals surface area contributed by atoms with Gasteiger partial charge in [0.15, 0.2) is 0 Å². The zero-order chi connectivity index (χ0) is 12.6. The van der Waals surface area contributed by atoms with Crippen molar-refractivity contribution in [3.8, 4) is 0 Å². The van der Waals surface area contributed by atoms with Gasteiger partial charge >= 0.3 is 0 Å². The summed E-state index contributed by atoms with van der Waals surface area (Å²) in [6.07, 6.45) is 5.45. The van der Waals surface area contributed by atoms with E-state index in [0.29, 0.717) is 13.2 Å². The highest BCUT2D eigenvalue weighted by Crippen LogP contribution is 2.52. The fraction of sp³-hybridized carbons (Fsp3) is 1.00. The van der Waals surface area contributed by atoms with Gasteiger partial charge in [0.2, 0.25) is 0 Å². The zero-order valence-corrected chi connectivity index (χ0v) is 11.2. The van der Waals surface area contributed by atoms with Gasteiger partial charge in [-0.15, -0.1) is 0 Å². The van der Waals surface area contributed by atoms with Gasteiger partial charge in [-0.25, -0.2) is 0 Å². The van der Waals surface area contributed by atoms with Crippen LogP contribution in [0.1, 0.15) is 52.4 Å². The lowest BCUT2D eigenvalue weighted by molar-refractivity contribution is -0.184. The largest absolute Gasteiger partial charge is 0.396 e. The van der Waals surface area contributed by atoms with Gasteiger partial charge in [0.25, 0.3) is 0 Å². The predicted molar refractivity (Wildman–Crippen MR) is 66.8 cm³/mol. The molecule has 0 radical (unpaired) electrons. The van der Waals surface area contributed by atoms with Crippen LogP contribution in [0.25, 0.3) is 0 Å². The minimum Gasteiger partial charge on any atom is -0.396 e. The van der Waals surface area contributed by atoms with E-state index in [1.165, 1.54) is 6.42 Å². The summed E-state index contributed by atoms with van der Waals surface area (Å²) in [5.74, 6) is 0. The smallest absolute Gasteiger partial charge is 0.0732 e. The van der Waals surface area contributed by atoms with Gasteiger partial charge in [0.1, 0.15) is 0 Å². The third-order valence-corrected chi connectivity index (χ3v) is 4.95.